The van der Waals surface area contributed by atoms with Gasteiger partial charge in [-0.15, -0.1) is 0 Å². The number of rotatable bonds is 17. The SMILES string of the molecule is C=C(C)C(=O)NCCCCCCCCC(=O)Nc1c(F)c(F)c(-c2c(F)c(F)c(NC(=O)/C=C/c3ccc(OC(=O)C(=C)C)cc3)c(F)c2F)c(F)c1F. The van der Waals surface area contributed by atoms with E-state index in [1.807, 2.05) is 0 Å². The lowest BCUT2D eigenvalue weighted by molar-refractivity contribution is -0.130. The van der Waals surface area contributed by atoms with Crippen LogP contribution in [0.15, 0.2) is 54.6 Å². The number of anilines is 2. The Labute approximate surface area is 305 Å². The van der Waals surface area contributed by atoms with Crippen molar-refractivity contribution < 1.29 is 59.0 Å². The number of hydrogen-bond acceptors (Lipinski definition) is 5. The van der Waals surface area contributed by atoms with Crippen molar-refractivity contribution in [3.8, 4) is 16.9 Å². The van der Waals surface area contributed by atoms with Crippen molar-refractivity contribution in [2.45, 2.75) is 58.8 Å². The number of halogens is 8. The third kappa shape index (κ3) is 10.9. The fraction of sp³-hybridized carbons (Fsp3) is 0.263. The van der Waals surface area contributed by atoms with E-state index in [0.717, 1.165) is 18.9 Å². The van der Waals surface area contributed by atoms with Crippen molar-refractivity contribution in [2.24, 2.45) is 0 Å². The van der Waals surface area contributed by atoms with Crippen molar-refractivity contribution in [1.29, 1.82) is 0 Å². The topological polar surface area (TPSA) is 114 Å². The second-order valence-electron chi connectivity index (χ2n) is 12.0. The highest BCUT2D eigenvalue weighted by Crippen LogP contribution is 2.40. The first-order valence-corrected chi connectivity index (χ1v) is 16.4. The Morgan fingerprint density at radius 1 is 0.630 bits per heavy atom. The molecule has 0 unspecified atom stereocenters. The minimum atomic E-state index is -2.50. The summed E-state index contributed by atoms with van der Waals surface area (Å²) < 4.78 is 125. The van der Waals surface area contributed by atoms with Crippen molar-refractivity contribution >= 4 is 41.1 Å². The molecular weight excluding hydrogens is 730 g/mol. The molecule has 0 radical (unpaired) electrons. The fourth-order valence-corrected chi connectivity index (χ4v) is 4.77. The van der Waals surface area contributed by atoms with Crippen LogP contribution < -0.4 is 20.7 Å². The highest BCUT2D eigenvalue weighted by atomic mass is 19.2. The van der Waals surface area contributed by atoms with E-state index in [4.69, 9.17) is 4.74 Å². The first kappa shape index (κ1) is 42.6. The highest BCUT2D eigenvalue weighted by Gasteiger charge is 2.35. The Balaban J connectivity index is 1.69. The molecule has 8 nitrogen and oxygen atoms in total. The Hall–Kier alpha value is -5.80. The van der Waals surface area contributed by atoms with Crippen LogP contribution in [0.3, 0.4) is 0 Å². The zero-order chi connectivity index (χ0) is 40.3. The average molecular weight is 766 g/mol. The fourth-order valence-electron chi connectivity index (χ4n) is 4.77. The van der Waals surface area contributed by atoms with E-state index in [-0.39, 0.29) is 30.1 Å². The van der Waals surface area contributed by atoms with Crippen molar-refractivity contribution in [2.75, 3.05) is 17.2 Å². The molecule has 3 N–H and O–H groups in total. The molecule has 0 atom stereocenters. The lowest BCUT2D eigenvalue weighted by Crippen LogP contribution is -2.24. The van der Waals surface area contributed by atoms with Gasteiger partial charge in [-0.05, 0) is 50.5 Å². The minimum absolute atomic E-state index is 0.126. The maximum atomic E-state index is 15.1. The Bertz CT molecular complexity index is 1940. The molecule has 3 rings (SSSR count). The summed E-state index contributed by atoms with van der Waals surface area (Å²) in [5.74, 6) is -22.5. The van der Waals surface area contributed by atoms with Gasteiger partial charge in [-0.2, -0.15) is 0 Å². The maximum Gasteiger partial charge on any atom is 0.338 e. The number of hydrogen-bond donors (Lipinski definition) is 3. The minimum Gasteiger partial charge on any atom is -0.423 e. The molecule has 0 saturated heterocycles. The molecule has 288 valence electrons. The first-order valence-electron chi connectivity index (χ1n) is 16.4. The van der Waals surface area contributed by atoms with Gasteiger partial charge in [0.15, 0.2) is 46.5 Å². The first-order chi connectivity index (χ1) is 25.5. The molecule has 3 aromatic rings. The Morgan fingerprint density at radius 2 is 1.09 bits per heavy atom. The van der Waals surface area contributed by atoms with Crippen LogP contribution in [-0.4, -0.2) is 30.2 Å². The number of ether oxygens (including phenoxy) is 1. The smallest absolute Gasteiger partial charge is 0.338 e. The molecule has 0 aliphatic rings. The molecule has 0 fully saturated rings. The van der Waals surface area contributed by atoms with Gasteiger partial charge >= 0.3 is 5.97 Å². The molecule has 0 aliphatic heterocycles. The zero-order valence-corrected chi connectivity index (χ0v) is 29.1. The molecule has 54 heavy (non-hydrogen) atoms. The summed E-state index contributed by atoms with van der Waals surface area (Å²) >= 11 is 0. The second-order valence-corrected chi connectivity index (χ2v) is 12.0. The Kier molecular flexibility index (Phi) is 15.3. The molecule has 3 aromatic carbocycles. The molecule has 0 saturated carbocycles. The number of carbonyl (C=O) groups is 4. The molecule has 16 heteroatoms. The summed E-state index contributed by atoms with van der Waals surface area (Å²) in [6.45, 7) is 10.4. The predicted molar refractivity (Wildman–Crippen MR) is 185 cm³/mol. The van der Waals surface area contributed by atoms with E-state index in [2.05, 4.69) is 18.5 Å². The van der Waals surface area contributed by atoms with Gasteiger partial charge in [0.25, 0.3) is 0 Å². The number of unbranched alkanes of at least 4 members (excludes halogenated alkanes) is 5. The third-order valence-electron chi connectivity index (χ3n) is 7.66. The van der Waals surface area contributed by atoms with Gasteiger partial charge in [0.05, 0.1) is 11.1 Å². The average Bonchev–Trinajstić information content (AvgIpc) is 3.13. The Morgan fingerprint density at radius 3 is 1.57 bits per heavy atom. The van der Waals surface area contributed by atoms with Crippen molar-refractivity contribution in [3.05, 3.63) is 107 Å². The summed E-state index contributed by atoms with van der Waals surface area (Å²) in [5.41, 5.74) is -6.83. The van der Waals surface area contributed by atoms with Gasteiger partial charge in [-0.25, -0.2) is 39.9 Å². The van der Waals surface area contributed by atoms with E-state index in [9.17, 15) is 36.7 Å². The lowest BCUT2D eigenvalue weighted by Gasteiger charge is -2.16. The highest BCUT2D eigenvalue weighted by molar-refractivity contribution is 6.02. The van der Waals surface area contributed by atoms with E-state index in [1.165, 1.54) is 31.2 Å². The predicted octanol–water partition coefficient (Wildman–Crippen LogP) is 8.96. The standard InChI is InChI=1S/C38H35F8N3O5/c1-19(2)37(52)47-18-10-8-6-5-7-9-11-23(50)48-35-31(43)27(39)25(28(40)32(35)44)26-29(41)33(45)36(34(46)30(26)42)49-24(51)17-14-21-12-15-22(16-13-21)54-38(53)20(3)4/h12-17H,1,3,5-11,18H2,2,4H3,(H,47,52)(H,48,50)(H,49,51)/b17-14+. The van der Waals surface area contributed by atoms with Crippen LogP contribution in [0.2, 0.25) is 0 Å². The van der Waals surface area contributed by atoms with Gasteiger partial charge < -0.3 is 20.7 Å². The number of benzene rings is 3. The molecule has 0 aliphatic carbocycles. The summed E-state index contributed by atoms with van der Waals surface area (Å²) in [6, 6.07) is 5.44. The van der Waals surface area contributed by atoms with Crippen molar-refractivity contribution in [3.63, 3.8) is 0 Å². The lowest BCUT2D eigenvalue weighted by atomic mass is 10.00. The monoisotopic (exact) mass is 765 g/mol. The largest absolute Gasteiger partial charge is 0.423 e. The van der Waals surface area contributed by atoms with Gasteiger partial charge in [-0.3, -0.25) is 14.4 Å². The van der Waals surface area contributed by atoms with Crippen LogP contribution >= 0.6 is 0 Å². The van der Waals surface area contributed by atoms with Crippen LogP contribution in [0.1, 0.15) is 64.4 Å². The van der Waals surface area contributed by atoms with E-state index in [1.54, 1.807) is 17.6 Å². The maximum absolute atomic E-state index is 15.1. The van der Waals surface area contributed by atoms with E-state index >= 15 is 17.6 Å². The van der Waals surface area contributed by atoms with E-state index in [0.29, 0.717) is 43.0 Å². The van der Waals surface area contributed by atoms with Crippen LogP contribution in [0.5, 0.6) is 5.75 Å². The zero-order valence-electron chi connectivity index (χ0n) is 29.1. The summed E-state index contributed by atoms with van der Waals surface area (Å²) in [7, 11) is 0. The van der Waals surface area contributed by atoms with Crippen LogP contribution in [-0.2, 0) is 19.2 Å². The molecule has 0 aromatic heterocycles. The molecule has 0 heterocycles. The van der Waals surface area contributed by atoms with Crippen molar-refractivity contribution in [1.82, 2.24) is 5.32 Å². The second kappa shape index (κ2) is 19.3. The number of amides is 3. The molecule has 0 spiro atoms. The van der Waals surface area contributed by atoms with E-state index < -0.39 is 86.8 Å². The number of esters is 1. The summed E-state index contributed by atoms with van der Waals surface area (Å²) in [4.78, 5) is 47.7. The van der Waals surface area contributed by atoms with Gasteiger partial charge in [-0.1, -0.05) is 51.0 Å². The summed E-state index contributed by atoms with van der Waals surface area (Å²) in [5, 5.41) is 5.90. The molecule has 3 amide bonds. The van der Waals surface area contributed by atoms with Crippen LogP contribution in [0, 0.1) is 46.5 Å². The number of carbonyl (C=O) groups excluding carboxylic acids is 4. The molecule has 0 bridgehead atoms. The van der Waals surface area contributed by atoms with Gasteiger partial charge in [0.1, 0.15) is 17.1 Å². The van der Waals surface area contributed by atoms with Gasteiger partial charge in [0, 0.05) is 30.2 Å². The normalized spacial score (nSPS) is 11.0. The summed E-state index contributed by atoms with van der Waals surface area (Å²) in [6.07, 6.45) is 5.09. The number of nitrogens with one attached hydrogen (secondary N) is 3. The van der Waals surface area contributed by atoms with Gasteiger partial charge in [0.2, 0.25) is 17.7 Å². The third-order valence-corrected chi connectivity index (χ3v) is 7.66. The van der Waals surface area contributed by atoms with Crippen LogP contribution in [0.25, 0.3) is 17.2 Å². The quantitative estimate of drug-likeness (QED) is 0.0317. The molecular formula is C38H35F8N3O5. The van der Waals surface area contributed by atoms with Crippen LogP contribution in [0.4, 0.5) is 46.5 Å².